The first-order valence-electron chi connectivity index (χ1n) is 3.47. The third-order valence-corrected chi connectivity index (χ3v) is 1.59. The van der Waals surface area contributed by atoms with Crippen molar-refractivity contribution in [3.63, 3.8) is 0 Å². The first-order chi connectivity index (χ1) is 6.18. The second kappa shape index (κ2) is 2.51. The Morgan fingerprint density at radius 3 is 3.00 bits per heavy atom. The summed E-state index contributed by atoms with van der Waals surface area (Å²) in [5.41, 5.74) is 5.48. The first-order valence-corrected chi connectivity index (χ1v) is 3.47. The molecular weight excluding hydrogens is 175 g/mol. The van der Waals surface area contributed by atoms with Gasteiger partial charge in [-0.05, 0) is 0 Å². The fourth-order valence-corrected chi connectivity index (χ4v) is 1.03. The van der Waals surface area contributed by atoms with Crippen molar-refractivity contribution in [2.45, 2.75) is 0 Å². The SMILES string of the molecule is NC(=O)c1cnn2cc(F)cnc12. The van der Waals surface area contributed by atoms with Crippen LogP contribution in [-0.4, -0.2) is 20.5 Å². The molecule has 66 valence electrons. The Kier molecular flexibility index (Phi) is 1.48. The highest BCUT2D eigenvalue weighted by Gasteiger charge is 2.10. The van der Waals surface area contributed by atoms with Crippen LogP contribution in [0.25, 0.3) is 5.65 Å². The molecule has 2 rings (SSSR count). The summed E-state index contributed by atoms with van der Waals surface area (Å²) in [6.45, 7) is 0. The molecule has 0 aromatic carbocycles. The van der Waals surface area contributed by atoms with E-state index in [9.17, 15) is 9.18 Å². The number of fused-ring (bicyclic) bond motifs is 1. The van der Waals surface area contributed by atoms with E-state index >= 15 is 0 Å². The molecule has 2 heterocycles. The van der Waals surface area contributed by atoms with Crippen LogP contribution >= 0.6 is 0 Å². The smallest absolute Gasteiger partial charge is 0.254 e. The molecule has 0 atom stereocenters. The molecular formula is C7H5FN4O. The summed E-state index contributed by atoms with van der Waals surface area (Å²) in [5, 5.41) is 3.71. The van der Waals surface area contributed by atoms with E-state index in [1.807, 2.05) is 0 Å². The predicted octanol–water partition coefficient (Wildman–Crippen LogP) is -0.0327. The van der Waals surface area contributed by atoms with Crippen molar-refractivity contribution in [3.05, 3.63) is 30.0 Å². The molecule has 0 unspecified atom stereocenters. The number of carbonyl (C=O) groups excluding carboxylic acids is 1. The van der Waals surface area contributed by atoms with Gasteiger partial charge in [0.15, 0.2) is 11.5 Å². The largest absolute Gasteiger partial charge is 0.365 e. The molecule has 13 heavy (non-hydrogen) atoms. The van der Waals surface area contributed by atoms with Crippen molar-refractivity contribution in [3.8, 4) is 0 Å². The second-order valence-corrected chi connectivity index (χ2v) is 2.46. The Hall–Kier alpha value is -1.98. The van der Waals surface area contributed by atoms with Gasteiger partial charge in [-0.25, -0.2) is 13.9 Å². The van der Waals surface area contributed by atoms with Gasteiger partial charge in [-0.2, -0.15) is 5.10 Å². The highest BCUT2D eigenvalue weighted by Crippen LogP contribution is 2.06. The average molecular weight is 180 g/mol. The van der Waals surface area contributed by atoms with E-state index in [2.05, 4.69) is 10.1 Å². The fraction of sp³-hybridized carbons (Fsp3) is 0. The average Bonchev–Trinajstić information content (AvgIpc) is 2.46. The lowest BCUT2D eigenvalue weighted by atomic mass is 10.3. The van der Waals surface area contributed by atoms with E-state index in [-0.39, 0.29) is 11.2 Å². The minimum Gasteiger partial charge on any atom is -0.365 e. The minimum atomic E-state index is -0.630. The van der Waals surface area contributed by atoms with E-state index in [0.29, 0.717) is 0 Å². The number of rotatable bonds is 1. The van der Waals surface area contributed by atoms with Crippen LogP contribution in [0.3, 0.4) is 0 Å². The standard InChI is InChI=1S/C7H5FN4O/c8-4-1-10-7-5(6(9)13)2-11-12(7)3-4/h1-3H,(H2,9,13). The van der Waals surface area contributed by atoms with E-state index < -0.39 is 11.7 Å². The first kappa shape index (κ1) is 7.66. The zero-order chi connectivity index (χ0) is 9.42. The topological polar surface area (TPSA) is 73.3 Å². The van der Waals surface area contributed by atoms with Crippen molar-refractivity contribution < 1.29 is 9.18 Å². The van der Waals surface area contributed by atoms with Crippen molar-refractivity contribution in [1.29, 1.82) is 0 Å². The number of primary amides is 1. The molecule has 0 fully saturated rings. The lowest BCUT2D eigenvalue weighted by Gasteiger charge is -1.92. The number of amides is 1. The van der Waals surface area contributed by atoms with E-state index in [1.165, 1.54) is 6.20 Å². The maximum atomic E-state index is 12.6. The van der Waals surface area contributed by atoms with Crippen LogP contribution in [-0.2, 0) is 0 Å². The lowest BCUT2D eigenvalue weighted by Crippen LogP contribution is -2.10. The van der Waals surface area contributed by atoms with Gasteiger partial charge < -0.3 is 5.73 Å². The Balaban J connectivity index is 2.76. The maximum Gasteiger partial charge on any atom is 0.254 e. The molecule has 0 aliphatic rings. The minimum absolute atomic E-state index is 0.181. The third-order valence-electron chi connectivity index (χ3n) is 1.59. The predicted molar refractivity (Wildman–Crippen MR) is 41.5 cm³/mol. The van der Waals surface area contributed by atoms with Crippen molar-refractivity contribution in [2.75, 3.05) is 0 Å². The molecule has 0 aliphatic heterocycles. The number of carbonyl (C=O) groups is 1. The van der Waals surface area contributed by atoms with Gasteiger partial charge in [0.25, 0.3) is 5.91 Å². The summed E-state index contributed by atoms with van der Waals surface area (Å²) < 4.78 is 13.8. The normalized spacial score (nSPS) is 10.5. The molecule has 0 saturated heterocycles. The zero-order valence-electron chi connectivity index (χ0n) is 6.44. The molecule has 2 aromatic rings. The summed E-state index contributed by atoms with van der Waals surface area (Å²) >= 11 is 0. The fourth-order valence-electron chi connectivity index (χ4n) is 1.03. The molecule has 0 saturated carbocycles. The zero-order valence-corrected chi connectivity index (χ0v) is 6.44. The summed E-state index contributed by atoms with van der Waals surface area (Å²) in [5.74, 6) is -1.15. The van der Waals surface area contributed by atoms with Crippen LogP contribution in [0.15, 0.2) is 18.6 Å². The number of nitrogens with two attached hydrogens (primary N) is 1. The van der Waals surface area contributed by atoms with Crippen LogP contribution in [0.4, 0.5) is 4.39 Å². The van der Waals surface area contributed by atoms with Crippen LogP contribution in [0.2, 0.25) is 0 Å². The van der Waals surface area contributed by atoms with Crippen LogP contribution < -0.4 is 5.73 Å². The number of hydrogen-bond donors (Lipinski definition) is 1. The maximum absolute atomic E-state index is 12.6. The Morgan fingerprint density at radius 2 is 2.31 bits per heavy atom. The van der Waals surface area contributed by atoms with Gasteiger partial charge in [-0.3, -0.25) is 4.79 Å². The van der Waals surface area contributed by atoms with Gasteiger partial charge in [-0.1, -0.05) is 0 Å². The molecule has 2 N–H and O–H groups in total. The van der Waals surface area contributed by atoms with E-state index in [1.54, 1.807) is 0 Å². The molecule has 0 aliphatic carbocycles. The molecule has 2 aromatic heterocycles. The van der Waals surface area contributed by atoms with Gasteiger partial charge in [0.2, 0.25) is 0 Å². The molecule has 0 radical (unpaired) electrons. The quantitative estimate of drug-likeness (QED) is 0.669. The van der Waals surface area contributed by atoms with E-state index in [0.717, 1.165) is 16.9 Å². The number of hydrogen-bond acceptors (Lipinski definition) is 3. The monoisotopic (exact) mass is 180 g/mol. The Bertz CT molecular complexity index is 478. The molecule has 5 nitrogen and oxygen atoms in total. The lowest BCUT2D eigenvalue weighted by molar-refractivity contribution is 0.100. The van der Waals surface area contributed by atoms with Crippen LogP contribution in [0.1, 0.15) is 10.4 Å². The van der Waals surface area contributed by atoms with Gasteiger partial charge >= 0.3 is 0 Å². The summed E-state index contributed by atoms with van der Waals surface area (Å²) in [6, 6.07) is 0. The van der Waals surface area contributed by atoms with Crippen molar-refractivity contribution in [2.24, 2.45) is 5.73 Å². The highest BCUT2D eigenvalue weighted by atomic mass is 19.1. The van der Waals surface area contributed by atoms with Gasteiger partial charge in [-0.15, -0.1) is 0 Å². The molecule has 1 amide bonds. The Morgan fingerprint density at radius 1 is 1.54 bits per heavy atom. The van der Waals surface area contributed by atoms with Gasteiger partial charge in [0, 0.05) is 0 Å². The number of halogens is 1. The summed E-state index contributed by atoms with van der Waals surface area (Å²) in [6.07, 6.45) is 3.38. The summed E-state index contributed by atoms with van der Waals surface area (Å²) in [7, 11) is 0. The summed E-state index contributed by atoms with van der Waals surface area (Å²) in [4.78, 5) is 14.5. The van der Waals surface area contributed by atoms with E-state index in [4.69, 9.17) is 5.73 Å². The third kappa shape index (κ3) is 1.12. The van der Waals surface area contributed by atoms with Crippen LogP contribution in [0, 0.1) is 5.82 Å². The molecule has 0 bridgehead atoms. The van der Waals surface area contributed by atoms with Gasteiger partial charge in [0.05, 0.1) is 18.6 Å². The molecule has 0 spiro atoms. The van der Waals surface area contributed by atoms with Gasteiger partial charge in [0.1, 0.15) is 5.56 Å². The second-order valence-electron chi connectivity index (χ2n) is 2.46. The van der Waals surface area contributed by atoms with Crippen molar-refractivity contribution >= 4 is 11.6 Å². The van der Waals surface area contributed by atoms with Crippen LogP contribution in [0.5, 0.6) is 0 Å². The van der Waals surface area contributed by atoms with Crippen molar-refractivity contribution in [1.82, 2.24) is 14.6 Å². The number of aromatic nitrogens is 3. The highest BCUT2D eigenvalue weighted by molar-refractivity contribution is 5.98. The Labute approximate surface area is 72.0 Å². The number of nitrogens with zero attached hydrogens (tertiary/aromatic N) is 3. The molecule has 6 heteroatoms.